The Labute approximate surface area is 141 Å². The second-order valence-corrected chi connectivity index (χ2v) is 6.50. The maximum Gasteiger partial charge on any atom is 0.416 e. The van der Waals surface area contributed by atoms with Crippen LogP contribution in [0.25, 0.3) is 0 Å². The Kier molecular flexibility index (Phi) is 5.95. The fourth-order valence-corrected chi connectivity index (χ4v) is 2.95. The molecular formula is C16H18F3N3OS. The van der Waals surface area contributed by atoms with Crippen LogP contribution in [0.15, 0.2) is 30.5 Å². The molecule has 0 radical (unpaired) electrons. The van der Waals surface area contributed by atoms with Crippen molar-refractivity contribution in [2.24, 2.45) is 5.73 Å². The predicted octanol–water partition coefficient (Wildman–Crippen LogP) is 3.82. The first-order chi connectivity index (χ1) is 11.3. The van der Waals surface area contributed by atoms with Gasteiger partial charge >= 0.3 is 6.18 Å². The molecule has 1 heterocycles. The Balaban J connectivity index is 1.97. The summed E-state index contributed by atoms with van der Waals surface area (Å²) < 4.78 is 37.6. The lowest BCUT2D eigenvalue weighted by Gasteiger charge is -2.08. The molecule has 24 heavy (non-hydrogen) atoms. The molecule has 1 amide bonds. The highest BCUT2D eigenvalue weighted by Gasteiger charge is 2.29. The van der Waals surface area contributed by atoms with Gasteiger partial charge in [-0.05, 0) is 24.1 Å². The van der Waals surface area contributed by atoms with Gasteiger partial charge in [0.05, 0.1) is 11.6 Å². The number of thiazole rings is 1. The molecule has 1 unspecified atom stereocenters. The van der Waals surface area contributed by atoms with Crippen LogP contribution in [0.2, 0.25) is 0 Å². The maximum absolute atomic E-state index is 12.5. The van der Waals surface area contributed by atoms with Gasteiger partial charge in [-0.3, -0.25) is 4.79 Å². The Hall–Kier alpha value is -1.93. The third-order valence-electron chi connectivity index (χ3n) is 3.38. The van der Waals surface area contributed by atoms with E-state index in [0.717, 1.165) is 29.0 Å². The molecule has 2 rings (SSSR count). The van der Waals surface area contributed by atoms with Crippen molar-refractivity contribution in [3.8, 4) is 0 Å². The molecule has 0 bridgehead atoms. The molecule has 0 fully saturated rings. The van der Waals surface area contributed by atoms with Crippen molar-refractivity contribution >= 4 is 22.4 Å². The van der Waals surface area contributed by atoms with Gasteiger partial charge in [0, 0.05) is 17.5 Å². The molecule has 2 aromatic rings. The number of hydrogen-bond donors (Lipinski definition) is 2. The van der Waals surface area contributed by atoms with Gasteiger partial charge in [-0.2, -0.15) is 13.2 Å². The monoisotopic (exact) mass is 357 g/mol. The van der Waals surface area contributed by atoms with Crippen LogP contribution in [-0.4, -0.2) is 16.9 Å². The number of rotatable bonds is 6. The summed E-state index contributed by atoms with van der Waals surface area (Å²) in [4.78, 5) is 16.8. The van der Waals surface area contributed by atoms with Crippen molar-refractivity contribution in [3.63, 3.8) is 0 Å². The Bertz CT molecular complexity index is 683. The minimum absolute atomic E-state index is 0.285. The predicted molar refractivity (Wildman–Crippen MR) is 87.9 cm³/mol. The average Bonchev–Trinajstić information content (AvgIpc) is 2.94. The van der Waals surface area contributed by atoms with E-state index in [1.54, 1.807) is 6.20 Å². The van der Waals surface area contributed by atoms with Crippen LogP contribution in [0, 0.1) is 0 Å². The van der Waals surface area contributed by atoms with Crippen LogP contribution < -0.4 is 11.1 Å². The van der Waals surface area contributed by atoms with E-state index >= 15 is 0 Å². The lowest BCUT2D eigenvalue weighted by Crippen LogP contribution is -2.35. The molecular weight excluding hydrogens is 339 g/mol. The van der Waals surface area contributed by atoms with Crippen molar-refractivity contribution < 1.29 is 18.0 Å². The van der Waals surface area contributed by atoms with E-state index in [-0.39, 0.29) is 5.91 Å². The van der Waals surface area contributed by atoms with Crippen LogP contribution >= 0.6 is 11.3 Å². The first-order valence-corrected chi connectivity index (χ1v) is 8.28. The Morgan fingerprint density at radius 1 is 1.33 bits per heavy atom. The largest absolute Gasteiger partial charge is 0.416 e. The molecule has 0 saturated heterocycles. The van der Waals surface area contributed by atoms with Crippen molar-refractivity contribution in [2.45, 2.75) is 38.4 Å². The highest BCUT2D eigenvalue weighted by atomic mass is 32.1. The minimum atomic E-state index is -4.34. The van der Waals surface area contributed by atoms with Crippen LogP contribution in [0.5, 0.6) is 0 Å². The van der Waals surface area contributed by atoms with Crippen LogP contribution in [0.1, 0.15) is 35.8 Å². The highest BCUT2D eigenvalue weighted by Crippen LogP contribution is 2.29. The standard InChI is InChI=1S/C16H18F3N3OS/c1-2-3-13(20)14(23)22-15-21-9-12(24-15)8-10-4-6-11(7-5-10)16(17,18)19/h4-7,9,13H,2-3,8,20H2,1H3,(H,21,22,23). The summed E-state index contributed by atoms with van der Waals surface area (Å²) >= 11 is 1.28. The van der Waals surface area contributed by atoms with Gasteiger partial charge in [0.15, 0.2) is 5.13 Å². The van der Waals surface area contributed by atoms with Crippen LogP contribution in [0.3, 0.4) is 0 Å². The number of carbonyl (C=O) groups is 1. The first-order valence-electron chi connectivity index (χ1n) is 7.47. The van der Waals surface area contributed by atoms with Crippen LogP contribution in [-0.2, 0) is 17.4 Å². The van der Waals surface area contributed by atoms with Crippen molar-refractivity contribution in [1.82, 2.24) is 4.98 Å². The van der Waals surface area contributed by atoms with E-state index in [9.17, 15) is 18.0 Å². The number of nitrogens with two attached hydrogens (primary N) is 1. The van der Waals surface area contributed by atoms with Gasteiger partial charge in [-0.15, -0.1) is 11.3 Å². The first kappa shape index (κ1) is 18.4. The quantitative estimate of drug-likeness (QED) is 0.826. The summed E-state index contributed by atoms with van der Waals surface area (Å²) in [5.41, 5.74) is 5.80. The molecule has 8 heteroatoms. The third-order valence-corrected chi connectivity index (χ3v) is 4.29. The molecule has 0 aliphatic carbocycles. The summed E-state index contributed by atoms with van der Waals surface area (Å²) in [5.74, 6) is -0.285. The summed E-state index contributed by atoms with van der Waals surface area (Å²) in [6.45, 7) is 1.94. The number of halogens is 3. The number of nitrogens with one attached hydrogen (secondary N) is 1. The van der Waals surface area contributed by atoms with Crippen molar-refractivity contribution in [3.05, 3.63) is 46.5 Å². The van der Waals surface area contributed by atoms with Gasteiger partial charge < -0.3 is 11.1 Å². The van der Waals surface area contributed by atoms with Crippen molar-refractivity contribution in [2.75, 3.05) is 5.32 Å². The zero-order valence-corrected chi connectivity index (χ0v) is 13.9. The number of hydrogen-bond acceptors (Lipinski definition) is 4. The zero-order valence-electron chi connectivity index (χ0n) is 13.1. The van der Waals surface area contributed by atoms with E-state index in [4.69, 9.17) is 5.73 Å². The lowest BCUT2D eigenvalue weighted by atomic mass is 10.1. The number of carbonyl (C=O) groups excluding carboxylic acids is 1. The van der Waals surface area contributed by atoms with Gasteiger partial charge in [-0.25, -0.2) is 4.98 Å². The molecule has 1 atom stereocenters. The van der Waals surface area contributed by atoms with Gasteiger partial charge in [0.1, 0.15) is 0 Å². The molecule has 130 valence electrons. The number of aromatic nitrogens is 1. The number of alkyl halides is 3. The minimum Gasteiger partial charge on any atom is -0.320 e. The lowest BCUT2D eigenvalue weighted by molar-refractivity contribution is -0.137. The second-order valence-electron chi connectivity index (χ2n) is 5.39. The fourth-order valence-electron chi connectivity index (χ4n) is 2.10. The smallest absolute Gasteiger partial charge is 0.320 e. The van der Waals surface area contributed by atoms with E-state index in [1.165, 1.54) is 23.5 Å². The number of benzene rings is 1. The average molecular weight is 357 g/mol. The van der Waals surface area contributed by atoms with E-state index < -0.39 is 17.8 Å². The SMILES string of the molecule is CCCC(N)C(=O)Nc1ncc(Cc2ccc(C(F)(F)F)cc2)s1. The van der Waals surface area contributed by atoms with E-state index in [2.05, 4.69) is 10.3 Å². The van der Waals surface area contributed by atoms with E-state index in [1.807, 2.05) is 6.92 Å². The summed E-state index contributed by atoms with van der Waals surface area (Å²) in [6, 6.07) is 4.43. The number of amides is 1. The topological polar surface area (TPSA) is 68.0 Å². The van der Waals surface area contributed by atoms with Gasteiger partial charge in [0.2, 0.25) is 5.91 Å². The molecule has 3 N–H and O–H groups in total. The van der Waals surface area contributed by atoms with Gasteiger partial charge in [-0.1, -0.05) is 25.5 Å². The summed E-state index contributed by atoms with van der Waals surface area (Å²) in [7, 11) is 0. The molecule has 0 aliphatic rings. The molecule has 1 aromatic heterocycles. The highest BCUT2D eigenvalue weighted by molar-refractivity contribution is 7.15. The van der Waals surface area contributed by atoms with Crippen LogP contribution in [0.4, 0.5) is 18.3 Å². The second kappa shape index (κ2) is 7.76. The molecule has 4 nitrogen and oxygen atoms in total. The molecule has 0 aliphatic heterocycles. The van der Waals surface area contributed by atoms with Crippen molar-refractivity contribution in [1.29, 1.82) is 0 Å². The Morgan fingerprint density at radius 2 is 2.00 bits per heavy atom. The summed E-state index contributed by atoms with van der Waals surface area (Å²) in [5, 5.41) is 3.09. The maximum atomic E-state index is 12.5. The molecule has 0 saturated carbocycles. The number of nitrogens with zero attached hydrogens (tertiary/aromatic N) is 1. The van der Waals surface area contributed by atoms with Gasteiger partial charge in [0.25, 0.3) is 0 Å². The fraction of sp³-hybridized carbons (Fsp3) is 0.375. The zero-order chi connectivity index (χ0) is 17.7. The number of anilines is 1. The normalized spacial score (nSPS) is 12.9. The Morgan fingerprint density at radius 3 is 2.58 bits per heavy atom. The summed E-state index contributed by atoms with van der Waals surface area (Å²) in [6.07, 6.45) is -0.880. The molecule has 0 spiro atoms. The third kappa shape index (κ3) is 5.04. The van der Waals surface area contributed by atoms with E-state index in [0.29, 0.717) is 18.0 Å². The molecule has 1 aromatic carbocycles.